The van der Waals surface area contributed by atoms with Crippen LogP contribution in [0.25, 0.3) is 0 Å². The van der Waals surface area contributed by atoms with Gasteiger partial charge in [-0.3, -0.25) is 9.69 Å². The molecule has 10 nitrogen and oxygen atoms in total. The van der Waals surface area contributed by atoms with E-state index in [1.54, 1.807) is 59.6 Å². The van der Waals surface area contributed by atoms with Gasteiger partial charge in [0, 0.05) is 31.4 Å². The summed E-state index contributed by atoms with van der Waals surface area (Å²) in [7, 11) is 6.75. The van der Waals surface area contributed by atoms with Gasteiger partial charge in [-0.05, 0) is 115 Å². The standard InChI is InChI=1S/C41H51N3O7S2/c1-7-25-23-43-15-13-27-19-35(47-3)37(49-5)21-31(27)33(43)17-29(25)18-34-32-22-38(50-6)36(48-4)20-28(32)14-16-44(34)41(52)53-24-39(45)42-30-11-9-26(10-12-30)40(46)51-8-2/h9-12,19-22,25,29,33-34H,7-8,13-18,23-24H2,1-6H3,(H,42,45)/t25-,29+,33?,34+/m0/s1. The molecule has 0 bridgehead atoms. The highest BCUT2D eigenvalue weighted by molar-refractivity contribution is 8.23. The average molecular weight is 762 g/mol. The number of thiocarbonyl (C=S) groups is 1. The summed E-state index contributed by atoms with van der Waals surface area (Å²) in [5.74, 6) is 3.56. The molecule has 3 aliphatic rings. The van der Waals surface area contributed by atoms with Crippen molar-refractivity contribution in [3.8, 4) is 23.0 Å². The van der Waals surface area contributed by atoms with E-state index in [4.69, 9.17) is 35.9 Å². The van der Waals surface area contributed by atoms with Gasteiger partial charge in [-0.15, -0.1) is 0 Å². The summed E-state index contributed by atoms with van der Waals surface area (Å²) in [6.07, 6.45) is 4.85. The maximum absolute atomic E-state index is 13.1. The van der Waals surface area contributed by atoms with Gasteiger partial charge in [0.1, 0.15) is 4.32 Å². The number of anilines is 1. The van der Waals surface area contributed by atoms with Crippen molar-refractivity contribution in [3.63, 3.8) is 0 Å². The minimum absolute atomic E-state index is 0.0103. The van der Waals surface area contributed by atoms with Crippen molar-refractivity contribution in [1.82, 2.24) is 9.80 Å². The van der Waals surface area contributed by atoms with E-state index in [1.165, 1.54) is 34.0 Å². The Labute approximate surface area is 322 Å². The van der Waals surface area contributed by atoms with Crippen LogP contribution < -0.4 is 24.3 Å². The van der Waals surface area contributed by atoms with Crippen LogP contribution in [0.1, 0.15) is 77.8 Å². The second-order valence-electron chi connectivity index (χ2n) is 13.8. The highest BCUT2D eigenvalue weighted by Gasteiger charge is 2.42. The molecule has 53 heavy (non-hydrogen) atoms. The Bertz CT molecular complexity index is 1800. The van der Waals surface area contributed by atoms with Gasteiger partial charge >= 0.3 is 5.97 Å². The third-order valence-corrected chi connectivity index (χ3v) is 12.5. The lowest BCUT2D eigenvalue weighted by Gasteiger charge is -2.49. The number of nitrogens with zero attached hydrogens (tertiary/aromatic N) is 2. The molecule has 4 atom stereocenters. The molecule has 0 radical (unpaired) electrons. The quantitative estimate of drug-likeness (QED) is 0.147. The van der Waals surface area contributed by atoms with Gasteiger partial charge in [-0.2, -0.15) is 0 Å². The average Bonchev–Trinajstić information content (AvgIpc) is 3.18. The van der Waals surface area contributed by atoms with E-state index in [9.17, 15) is 9.59 Å². The molecule has 0 spiro atoms. The molecular weight excluding hydrogens is 711 g/mol. The fraction of sp³-hybridized carbons (Fsp3) is 0.488. The van der Waals surface area contributed by atoms with Gasteiger partial charge in [0.15, 0.2) is 23.0 Å². The number of rotatable bonds is 12. The zero-order valence-corrected chi connectivity index (χ0v) is 33.2. The number of nitrogens with one attached hydrogen (secondary N) is 1. The molecule has 1 fully saturated rings. The molecule has 1 saturated heterocycles. The van der Waals surface area contributed by atoms with Crippen LogP contribution in [0.3, 0.4) is 0 Å². The number of hydrogen-bond acceptors (Lipinski definition) is 10. The van der Waals surface area contributed by atoms with Crippen molar-refractivity contribution in [2.45, 2.75) is 58.0 Å². The highest BCUT2D eigenvalue weighted by atomic mass is 32.2. The van der Waals surface area contributed by atoms with Gasteiger partial charge < -0.3 is 33.9 Å². The molecule has 3 aromatic carbocycles. The maximum Gasteiger partial charge on any atom is 0.338 e. The second-order valence-corrected chi connectivity index (χ2v) is 15.4. The molecule has 3 aliphatic heterocycles. The van der Waals surface area contributed by atoms with Crippen molar-refractivity contribution in [2.75, 3.05) is 65.7 Å². The van der Waals surface area contributed by atoms with Crippen LogP contribution in [0.15, 0.2) is 48.5 Å². The number of carbonyl (C=O) groups excluding carboxylic acids is 2. The number of ether oxygens (including phenoxy) is 5. The Morgan fingerprint density at radius 1 is 0.830 bits per heavy atom. The fourth-order valence-corrected chi connectivity index (χ4v) is 9.46. The molecule has 1 unspecified atom stereocenters. The van der Waals surface area contributed by atoms with E-state index in [1.807, 2.05) is 0 Å². The number of benzene rings is 3. The lowest BCUT2D eigenvalue weighted by molar-refractivity contribution is -0.113. The Morgan fingerprint density at radius 2 is 1.43 bits per heavy atom. The van der Waals surface area contributed by atoms with Crippen LogP contribution in [0.2, 0.25) is 0 Å². The van der Waals surface area contributed by atoms with E-state index in [-0.39, 0.29) is 23.7 Å². The van der Waals surface area contributed by atoms with Gasteiger partial charge in [-0.25, -0.2) is 4.79 Å². The Balaban J connectivity index is 1.23. The number of esters is 1. The summed E-state index contributed by atoms with van der Waals surface area (Å²) in [5.41, 5.74) is 6.17. The predicted octanol–water partition coefficient (Wildman–Crippen LogP) is 7.49. The Morgan fingerprint density at radius 3 is 2.06 bits per heavy atom. The van der Waals surface area contributed by atoms with Crippen LogP contribution in [0, 0.1) is 11.8 Å². The molecule has 1 N–H and O–H groups in total. The number of carbonyl (C=O) groups is 2. The molecular formula is C41H51N3O7S2. The van der Waals surface area contributed by atoms with Gasteiger partial charge in [0.25, 0.3) is 0 Å². The van der Waals surface area contributed by atoms with Crippen molar-refractivity contribution in [3.05, 3.63) is 76.3 Å². The summed E-state index contributed by atoms with van der Waals surface area (Å²) in [6, 6.07) is 15.6. The van der Waals surface area contributed by atoms with Crippen LogP contribution in [0.4, 0.5) is 5.69 Å². The van der Waals surface area contributed by atoms with Gasteiger partial charge in [0.2, 0.25) is 5.91 Å². The maximum atomic E-state index is 13.1. The predicted molar refractivity (Wildman–Crippen MR) is 213 cm³/mol. The molecule has 6 rings (SSSR count). The molecule has 3 heterocycles. The van der Waals surface area contributed by atoms with Crippen LogP contribution in [-0.2, 0) is 22.4 Å². The molecule has 0 saturated carbocycles. The first-order valence-electron chi connectivity index (χ1n) is 18.5. The zero-order chi connectivity index (χ0) is 37.6. The summed E-state index contributed by atoms with van der Waals surface area (Å²) in [4.78, 5) is 30.2. The highest BCUT2D eigenvalue weighted by Crippen LogP contribution is 2.49. The van der Waals surface area contributed by atoms with E-state index < -0.39 is 0 Å². The van der Waals surface area contributed by atoms with E-state index >= 15 is 0 Å². The number of methoxy groups -OCH3 is 4. The van der Waals surface area contributed by atoms with Crippen LogP contribution in [0.5, 0.6) is 23.0 Å². The van der Waals surface area contributed by atoms with Crippen molar-refractivity contribution in [1.29, 1.82) is 0 Å². The molecule has 0 aliphatic carbocycles. The third-order valence-electron chi connectivity index (χ3n) is 11.1. The first-order valence-corrected chi connectivity index (χ1v) is 19.8. The minimum atomic E-state index is -0.389. The van der Waals surface area contributed by atoms with Gasteiger partial charge in [-0.1, -0.05) is 37.3 Å². The van der Waals surface area contributed by atoms with Crippen molar-refractivity contribution >= 4 is 45.9 Å². The number of fused-ring (bicyclic) bond motifs is 4. The normalized spacial score (nSPS) is 20.7. The number of piperidine rings is 1. The van der Waals surface area contributed by atoms with E-state index in [0.29, 0.717) is 45.8 Å². The Hall–Kier alpha value is -4.00. The first kappa shape index (κ1) is 38.7. The van der Waals surface area contributed by atoms with E-state index in [0.717, 1.165) is 69.0 Å². The van der Waals surface area contributed by atoms with Crippen LogP contribution in [-0.4, -0.2) is 86.4 Å². The summed E-state index contributed by atoms with van der Waals surface area (Å²) in [6.45, 7) is 7.21. The monoisotopic (exact) mass is 761 g/mol. The second kappa shape index (κ2) is 17.4. The van der Waals surface area contributed by atoms with E-state index in [2.05, 4.69) is 46.3 Å². The molecule has 12 heteroatoms. The zero-order valence-electron chi connectivity index (χ0n) is 31.6. The number of thioether (sulfide) groups is 1. The fourth-order valence-electron chi connectivity index (χ4n) is 8.35. The SMILES string of the molecule is CCOC(=O)c1ccc(NC(=O)CSC(=S)N2CCc3cc(OC)c(OC)cc3[C@H]2C[C@H]2CC3c4cc(OC)c(OC)cc4CCN3C[C@@H]2CC)cc1. The minimum Gasteiger partial charge on any atom is -0.493 e. The molecule has 0 aromatic heterocycles. The third kappa shape index (κ3) is 8.39. The molecule has 3 aromatic rings. The van der Waals surface area contributed by atoms with Crippen molar-refractivity contribution < 1.29 is 33.3 Å². The number of hydrogen-bond donors (Lipinski definition) is 1. The summed E-state index contributed by atoms with van der Waals surface area (Å²) >= 11 is 7.52. The number of amides is 1. The smallest absolute Gasteiger partial charge is 0.338 e. The van der Waals surface area contributed by atoms with Crippen molar-refractivity contribution in [2.24, 2.45) is 11.8 Å². The topological polar surface area (TPSA) is 98.8 Å². The summed E-state index contributed by atoms with van der Waals surface area (Å²) < 4.78 is 28.7. The molecule has 1 amide bonds. The summed E-state index contributed by atoms with van der Waals surface area (Å²) in [5, 5.41) is 2.94. The van der Waals surface area contributed by atoms with Crippen LogP contribution >= 0.6 is 24.0 Å². The lowest BCUT2D eigenvalue weighted by Crippen LogP contribution is -2.47. The Kier molecular flexibility index (Phi) is 12.7. The largest absolute Gasteiger partial charge is 0.493 e. The lowest BCUT2D eigenvalue weighted by atomic mass is 9.72. The first-order chi connectivity index (χ1) is 25.7. The van der Waals surface area contributed by atoms with Gasteiger partial charge in [0.05, 0.1) is 52.4 Å². The molecule has 284 valence electrons.